The highest BCUT2D eigenvalue weighted by Gasteiger charge is 2.42. The number of nitrogens with one attached hydrogen (secondary N) is 1. The van der Waals surface area contributed by atoms with Crippen LogP contribution in [0.2, 0.25) is 0 Å². The predicted molar refractivity (Wildman–Crippen MR) is 107 cm³/mol. The van der Waals surface area contributed by atoms with E-state index in [9.17, 15) is 19.5 Å². The molecule has 1 aliphatic heterocycles. The van der Waals surface area contributed by atoms with Gasteiger partial charge in [0.05, 0.1) is 25.5 Å². The summed E-state index contributed by atoms with van der Waals surface area (Å²) in [5, 5.41) is 9.30. The van der Waals surface area contributed by atoms with Crippen molar-refractivity contribution in [2.24, 2.45) is 0 Å². The van der Waals surface area contributed by atoms with E-state index in [0.29, 0.717) is 24.3 Å². The van der Waals surface area contributed by atoms with Gasteiger partial charge in [0, 0.05) is 12.5 Å². The molecule has 154 valence electrons. The Balaban J connectivity index is 1.88. The van der Waals surface area contributed by atoms with E-state index in [-0.39, 0.29) is 28.7 Å². The zero-order valence-corrected chi connectivity index (χ0v) is 17.0. The first-order valence-electron chi connectivity index (χ1n) is 8.97. The maximum absolute atomic E-state index is 12.9. The summed E-state index contributed by atoms with van der Waals surface area (Å²) in [6.07, 6.45) is 0.992. The van der Waals surface area contributed by atoms with Crippen molar-refractivity contribution >= 4 is 29.3 Å². The summed E-state index contributed by atoms with van der Waals surface area (Å²) in [6, 6.07) is 4.82. The number of H-pyrrole nitrogens is 1. The molecule has 3 rings (SSSR count). The van der Waals surface area contributed by atoms with E-state index in [0.717, 1.165) is 16.7 Å². The third-order valence-electron chi connectivity index (χ3n) is 4.46. The second kappa shape index (κ2) is 8.56. The van der Waals surface area contributed by atoms with Crippen molar-refractivity contribution in [1.29, 1.82) is 0 Å². The van der Waals surface area contributed by atoms with Crippen LogP contribution in [0.3, 0.4) is 0 Å². The van der Waals surface area contributed by atoms with Crippen molar-refractivity contribution in [2.45, 2.75) is 36.6 Å². The number of hydrogen-bond donors (Lipinski definition) is 2. The molecule has 1 aromatic heterocycles. The van der Waals surface area contributed by atoms with Crippen molar-refractivity contribution in [2.75, 3.05) is 19.1 Å². The van der Waals surface area contributed by atoms with Gasteiger partial charge in [-0.1, -0.05) is 25.1 Å². The fourth-order valence-corrected chi connectivity index (χ4v) is 4.04. The van der Waals surface area contributed by atoms with E-state index in [1.165, 1.54) is 14.2 Å². The molecule has 2 amide bonds. The van der Waals surface area contributed by atoms with Crippen LogP contribution in [0.25, 0.3) is 0 Å². The molecule has 0 aliphatic carbocycles. The summed E-state index contributed by atoms with van der Waals surface area (Å²) >= 11 is 0.929. The lowest BCUT2D eigenvalue weighted by molar-refractivity contribution is -0.121. The largest absolute Gasteiger partial charge is 0.497 e. The zero-order valence-electron chi connectivity index (χ0n) is 16.2. The van der Waals surface area contributed by atoms with Gasteiger partial charge >= 0.3 is 0 Å². The fourth-order valence-electron chi connectivity index (χ4n) is 3.05. The van der Waals surface area contributed by atoms with Gasteiger partial charge in [-0.25, -0.2) is 4.90 Å². The number of aromatic amines is 1. The first-order chi connectivity index (χ1) is 13.9. The summed E-state index contributed by atoms with van der Waals surface area (Å²) in [5.41, 5.74) is 0.0332. The minimum absolute atomic E-state index is 0.0783. The van der Waals surface area contributed by atoms with Crippen molar-refractivity contribution in [3.8, 4) is 17.4 Å². The van der Waals surface area contributed by atoms with E-state index >= 15 is 0 Å². The molecule has 0 radical (unpaired) electrons. The van der Waals surface area contributed by atoms with Gasteiger partial charge in [0.1, 0.15) is 16.7 Å². The number of carbonyl (C=O) groups excluding carboxylic acids is 2. The molecular formula is C19H21N3O6S. The molecule has 1 saturated heterocycles. The van der Waals surface area contributed by atoms with Gasteiger partial charge in [-0.05, 0) is 18.6 Å². The smallest absolute Gasteiger partial charge is 0.258 e. The van der Waals surface area contributed by atoms with Crippen LogP contribution in [-0.4, -0.2) is 46.4 Å². The number of methoxy groups -OCH3 is 2. The number of rotatable bonds is 7. The third kappa shape index (κ3) is 4.07. The number of anilines is 1. The number of aromatic hydroxyl groups is 1. The number of carbonyl (C=O) groups is 2. The summed E-state index contributed by atoms with van der Waals surface area (Å²) in [7, 11) is 2.92. The molecule has 2 heterocycles. The Morgan fingerprint density at radius 1 is 1.28 bits per heavy atom. The number of imide groups is 1. The molecule has 1 aliphatic rings. The molecule has 1 aromatic carbocycles. The van der Waals surface area contributed by atoms with E-state index in [1.54, 1.807) is 18.2 Å². The van der Waals surface area contributed by atoms with E-state index < -0.39 is 22.6 Å². The van der Waals surface area contributed by atoms with E-state index in [2.05, 4.69) is 9.97 Å². The van der Waals surface area contributed by atoms with Crippen molar-refractivity contribution < 1.29 is 24.2 Å². The molecule has 0 bridgehead atoms. The number of ether oxygens (including phenoxy) is 2. The predicted octanol–water partition coefficient (Wildman–Crippen LogP) is 1.87. The lowest BCUT2D eigenvalue weighted by Gasteiger charge is -2.18. The Labute approximate surface area is 171 Å². The quantitative estimate of drug-likeness (QED) is 0.515. The lowest BCUT2D eigenvalue weighted by Crippen LogP contribution is -2.31. The summed E-state index contributed by atoms with van der Waals surface area (Å²) in [6.45, 7) is 1.88. The molecule has 10 heteroatoms. The number of thioether (sulfide) groups is 1. The van der Waals surface area contributed by atoms with Crippen LogP contribution < -0.4 is 19.9 Å². The molecule has 0 unspecified atom stereocenters. The van der Waals surface area contributed by atoms with Crippen molar-refractivity contribution in [3.05, 3.63) is 34.1 Å². The number of nitrogens with zero attached hydrogens (tertiary/aromatic N) is 2. The minimum Gasteiger partial charge on any atom is -0.497 e. The summed E-state index contributed by atoms with van der Waals surface area (Å²) in [4.78, 5) is 45.2. The number of aromatic nitrogens is 2. The zero-order chi connectivity index (χ0) is 21.1. The van der Waals surface area contributed by atoms with Gasteiger partial charge in [0.2, 0.25) is 17.7 Å². The van der Waals surface area contributed by atoms with Gasteiger partial charge in [0.25, 0.3) is 5.56 Å². The number of amides is 2. The molecule has 2 aromatic rings. The monoisotopic (exact) mass is 419 g/mol. The highest BCUT2D eigenvalue weighted by atomic mass is 32.2. The lowest BCUT2D eigenvalue weighted by atomic mass is 10.2. The normalized spacial score (nSPS) is 16.4. The Morgan fingerprint density at radius 2 is 2.03 bits per heavy atom. The average molecular weight is 419 g/mol. The molecule has 29 heavy (non-hydrogen) atoms. The summed E-state index contributed by atoms with van der Waals surface area (Å²) in [5.74, 6) is -0.410. The third-order valence-corrected chi connectivity index (χ3v) is 5.53. The maximum Gasteiger partial charge on any atom is 0.258 e. The van der Waals surface area contributed by atoms with Crippen LogP contribution in [0.5, 0.6) is 17.4 Å². The maximum atomic E-state index is 12.9. The molecule has 9 nitrogen and oxygen atoms in total. The highest BCUT2D eigenvalue weighted by Crippen LogP contribution is 2.38. The molecule has 1 atom stereocenters. The van der Waals surface area contributed by atoms with Crippen LogP contribution >= 0.6 is 11.8 Å². The van der Waals surface area contributed by atoms with E-state index in [4.69, 9.17) is 9.47 Å². The fraction of sp³-hybridized carbons (Fsp3) is 0.368. The SMILES string of the molecule is CCCc1c(O)nc(S[C@@H]2CC(=O)N(c3cc(OC)ccc3OC)C2=O)[nH]c1=O. The molecule has 0 saturated carbocycles. The van der Waals surface area contributed by atoms with Crippen LogP contribution in [0.1, 0.15) is 25.3 Å². The van der Waals surface area contributed by atoms with Gasteiger partial charge in [-0.2, -0.15) is 4.98 Å². The Bertz CT molecular complexity index is 1010. The van der Waals surface area contributed by atoms with Gasteiger partial charge in [-0.3, -0.25) is 14.4 Å². The standard InChI is InChI=1S/C19H21N3O6S/c1-4-5-11-16(24)20-19(21-17(11)25)29-14-9-15(23)22(18(14)26)12-8-10(27-2)6-7-13(12)28-3/h6-8,14H,4-5,9H2,1-3H3,(H2,20,21,24,25)/t14-/m1/s1. The Morgan fingerprint density at radius 3 is 2.66 bits per heavy atom. The second-order valence-corrected chi connectivity index (χ2v) is 7.53. The molecule has 2 N–H and O–H groups in total. The van der Waals surface area contributed by atoms with Crippen LogP contribution in [0, 0.1) is 0 Å². The Hall–Kier alpha value is -3.01. The van der Waals surface area contributed by atoms with Crippen molar-refractivity contribution in [3.63, 3.8) is 0 Å². The average Bonchev–Trinajstić information content (AvgIpc) is 2.97. The second-order valence-electron chi connectivity index (χ2n) is 6.34. The Kier molecular flexibility index (Phi) is 6.12. The highest BCUT2D eigenvalue weighted by molar-refractivity contribution is 8.00. The summed E-state index contributed by atoms with van der Waals surface area (Å²) < 4.78 is 10.5. The topological polar surface area (TPSA) is 122 Å². The minimum atomic E-state index is -0.794. The number of benzene rings is 1. The molecular weight excluding hydrogens is 398 g/mol. The van der Waals surface area contributed by atoms with Crippen LogP contribution in [0.15, 0.2) is 28.2 Å². The number of hydrogen-bond acceptors (Lipinski definition) is 8. The van der Waals surface area contributed by atoms with Gasteiger partial charge in [0.15, 0.2) is 5.16 Å². The first-order valence-corrected chi connectivity index (χ1v) is 9.85. The first kappa shape index (κ1) is 20.7. The van der Waals surface area contributed by atoms with E-state index in [1.807, 2.05) is 6.92 Å². The van der Waals surface area contributed by atoms with Gasteiger partial charge < -0.3 is 19.6 Å². The van der Waals surface area contributed by atoms with Crippen LogP contribution in [-0.2, 0) is 16.0 Å². The van der Waals surface area contributed by atoms with Crippen molar-refractivity contribution in [1.82, 2.24) is 9.97 Å². The molecule has 0 spiro atoms. The van der Waals surface area contributed by atoms with Crippen LogP contribution in [0.4, 0.5) is 5.69 Å². The van der Waals surface area contributed by atoms with Gasteiger partial charge in [-0.15, -0.1) is 0 Å². The molecule has 1 fully saturated rings.